The molecule has 5 heteroatoms. The van der Waals surface area contributed by atoms with Gasteiger partial charge in [-0.05, 0) is 35.4 Å². The molecule has 0 bridgehead atoms. The second kappa shape index (κ2) is 4.20. The lowest BCUT2D eigenvalue weighted by Crippen LogP contribution is -2.26. The van der Waals surface area contributed by atoms with E-state index < -0.39 is 15.8 Å². The third-order valence-corrected chi connectivity index (χ3v) is 4.33. The van der Waals surface area contributed by atoms with Crippen LogP contribution >= 0.6 is 0 Å². The van der Waals surface area contributed by atoms with Crippen molar-refractivity contribution in [3.8, 4) is 0 Å². The molecule has 0 aliphatic carbocycles. The van der Waals surface area contributed by atoms with Crippen molar-refractivity contribution in [2.45, 2.75) is 4.90 Å². The zero-order valence-electron chi connectivity index (χ0n) is 9.80. The van der Waals surface area contributed by atoms with Crippen molar-refractivity contribution in [1.29, 1.82) is 0 Å². The SMILES string of the molecule is O=S1(=O)NC(c2ccccc2)=Cc2cc(F)ccc21. The molecule has 1 N–H and O–H groups in total. The van der Waals surface area contributed by atoms with Gasteiger partial charge < -0.3 is 0 Å². The van der Waals surface area contributed by atoms with E-state index in [1.165, 1.54) is 12.1 Å². The monoisotopic (exact) mass is 275 g/mol. The van der Waals surface area contributed by atoms with E-state index in [1.54, 1.807) is 18.2 Å². The molecule has 96 valence electrons. The largest absolute Gasteiger partial charge is 0.279 e. The Morgan fingerprint density at radius 3 is 2.47 bits per heavy atom. The number of benzene rings is 2. The first-order valence-electron chi connectivity index (χ1n) is 5.66. The maximum atomic E-state index is 13.2. The van der Waals surface area contributed by atoms with Gasteiger partial charge in [-0.25, -0.2) is 12.8 Å². The quantitative estimate of drug-likeness (QED) is 0.869. The number of sulfonamides is 1. The Kier molecular flexibility index (Phi) is 2.64. The van der Waals surface area contributed by atoms with Crippen LogP contribution in [0.15, 0.2) is 53.4 Å². The third-order valence-electron chi connectivity index (χ3n) is 2.89. The summed E-state index contributed by atoms with van der Waals surface area (Å²) in [6.07, 6.45) is 1.63. The van der Waals surface area contributed by atoms with Crippen LogP contribution in [0.3, 0.4) is 0 Å². The molecule has 3 rings (SSSR count). The van der Waals surface area contributed by atoms with E-state index in [0.29, 0.717) is 11.3 Å². The van der Waals surface area contributed by atoms with E-state index in [2.05, 4.69) is 4.72 Å². The molecule has 0 fully saturated rings. The minimum atomic E-state index is -3.64. The molecule has 0 amide bonds. The Morgan fingerprint density at radius 1 is 1.00 bits per heavy atom. The van der Waals surface area contributed by atoms with Crippen molar-refractivity contribution < 1.29 is 12.8 Å². The number of hydrogen-bond acceptors (Lipinski definition) is 2. The van der Waals surface area contributed by atoms with Gasteiger partial charge in [0.2, 0.25) is 0 Å². The molecule has 3 nitrogen and oxygen atoms in total. The number of hydrogen-bond donors (Lipinski definition) is 1. The van der Waals surface area contributed by atoms with Gasteiger partial charge in [0.15, 0.2) is 0 Å². The molecule has 2 aromatic carbocycles. The van der Waals surface area contributed by atoms with Crippen LogP contribution in [0.4, 0.5) is 4.39 Å². The molecule has 0 saturated heterocycles. The van der Waals surface area contributed by atoms with Gasteiger partial charge in [0.05, 0.1) is 10.6 Å². The predicted octanol–water partition coefficient (Wildman–Crippen LogP) is 2.62. The highest BCUT2D eigenvalue weighted by Crippen LogP contribution is 2.28. The van der Waals surface area contributed by atoms with Crippen LogP contribution in [0.2, 0.25) is 0 Å². The lowest BCUT2D eigenvalue weighted by Gasteiger charge is -2.19. The predicted molar refractivity (Wildman–Crippen MR) is 71.0 cm³/mol. The van der Waals surface area contributed by atoms with Crippen molar-refractivity contribution in [1.82, 2.24) is 4.72 Å². The van der Waals surface area contributed by atoms with Gasteiger partial charge in [-0.15, -0.1) is 0 Å². The summed E-state index contributed by atoms with van der Waals surface area (Å²) in [4.78, 5) is 0.0913. The zero-order valence-corrected chi connectivity index (χ0v) is 10.6. The van der Waals surface area contributed by atoms with Gasteiger partial charge in [0, 0.05) is 0 Å². The number of nitrogens with one attached hydrogen (secondary N) is 1. The normalized spacial score (nSPS) is 16.2. The minimum Gasteiger partial charge on any atom is -0.279 e. The lowest BCUT2D eigenvalue weighted by atomic mass is 10.1. The molecular weight excluding hydrogens is 265 g/mol. The molecule has 0 radical (unpaired) electrons. The van der Waals surface area contributed by atoms with Gasteiger partial charge in [-0.2, -0.15) is 0 Å². The van der Waals surface area contributed by atoms with Crippen LogP contribution in [-0.2, 0) is 10.0 Å². The molecule has 1 aliphatic rings. The van der Waals surface area contributed by atoms with Crippen molar-refractivity contribution in [2.75, 3.05) is 0 Å². The summed E-state index contributed by atoms with van der Waals surface area (Å²) in [5.41, 5.74) is 1.54. The summed E-state index contributed by atoms with van der Waals surface area (Å²) in [5, 5.41) is 0. The number of rotatable bonds is 1. The molecule has 2 aromatic rings. The molecule has 0 spiro atoms. The number of halogens is 1. The maximum absolute atomic E-state index is 13.2. The van der Waals surface area contributed by atoms with Crippen molar-refractivity contribution in [2.24, 2.45) is 0 Å². The summed E-state index contributed by atoms with van der Waals surface area (Å²) in [7, 11) is -3.64. The molecule has 0 aromatic heterocycles. The summed E-state index contributed by atoms with van der Waals surface area (Å²) in [6.45, 7) is 0. The highest BCUT2D eigenvalue weighted by Gasteiger charge is 2.24. The fourth-order valence-electron chi connectivity index (χ4n) is 2.02. The lowest BCUT2D eigenvalue weighted by molar-refractivity contribution is 0.589. The van der Waals surface area contributed by atoms with E-state index >= 15 is 0 Å². The van der Waals surface area contributed by atoms with Gasteiger partial charge in [0.25, 0.3) is 10.0 Å². The Bertz CT molecular complexity index is 767. The zero-order chi connectivity index (χ0) is 13.5. The van der Waals surface area contributed by atoms with Gasteiger partial charge >= 0.3 is 0 Å². The van der Waals surface area contributed by atoms with E-state index in [1.807, 2.05) is 18.2 Å². The molecule has 0 saturated carbocycles. The summed E-state index contributed by atoms with van der Waals surface area (Å²) < 4.78 is 39.9. The number of fused-ring (bicyclic) bond motifs is 1. The highest BCUT2D eigenvalue weighted by atomic mass is 32.2. The fraction of sp³-hybridized carbons (Fsp3) is 0. The highest BCUT2D eigenvalue weighted by molar-refractivity contribution is 7.90. The second-order valence-corrected chi connectivity index (χ2v) is 5.86. The first kappa shape index (κ1) is 11.9. The van der Waals surface area contributed by atoms with Gasteiger partial charge in [-0.3, -0.25) is 4.72 Å². The van der Waals surface area contributed by atoms with E-state index in [0.717, 1.165) is 11.6 Å². The van der Waals surface area contributed by atoms with Crippen LogP contribution in [-0.4, -0.2) is 8.42 Å². The summed E-state index contributed by atoms with van der Waals surface area (Å²) in [6, 6.07) is 12.7. The van der Waals surface area contributed by atoms with Crippen LogP contribution in [0.5, 0.6) is 0 Å². The van der Waals surface area contributed by atoms with Gasteiger partial charge in [-0.1, -0.05) is 30.3 Å². The fourth-order valence-corrected chi connectivity index (χ4v) is 3.27. The van der Waals surface area contributed by atoms with Crippen LogP contribution in [0.25, 0.3) is 11.8 Å². The second-order valence-electron chi connectivity index (χ2n) is 4.21. The Balaban J connectivity index is 2.21. The topological polar surface area (TPSA) is 46.2 Å². The average molecular weight is 275 g/mol. The average Bonchev–Trinajstić information content (AvgIpc) is 2.38. The van der Waals surface area contributed by atoms with Crippen LogP contribution in [0, 0.1) is 5.82 Å². The first-order chi connectivity index (χ1) is 9.06. The van der Waals surface area contributed by atoms with E-state index in [-0.39, 0.29) is 4.90 Å². The molecular formula is C14H10FNO2S. The molecule has 0 unspecified atom stereocenters. The maximum Gasteiger partial charge on any atom is 0.262 e. The van der Waals surface area contributed by atoms with E-state index in [9.17, 15) is 12.8 Å². The van der Waals surface area contributed by atoms with Gasteiger partial charge in [0.1, 0.15) is 5.82 Å². The van der Waals surface area contributed by atoms with E-state index in [4.69, 9.17) is 0 Å². The smallest absolute Gasteiger partial charge is 0.262 e. The molecule has 0 atom stereocenters. The summed E-state index contributed by atoms with van der Waals surface area (Å²) >= 11 is 0. The minimum absolute atomic E-state index is 0.0913. The molecule has 1 heterocycles. The van der Waals surface area contributed by atoms with Crippen molar-refractivity contribution in [3.63, 3.8) is 0 Å². The molecule has 1 aliphatic heterocycles. The third kappa shape index (κ3) is 2.13. The Hall–Kier alpha value is -2.14. The first-order valence-corrected chi connectivity index (χ1v) is 7.14. The standard InChI is InChI=1S/C14H10FNO2S/c15-12-6-7-14-11(8-12)9-13(16-19(14,17)18)10-4-2-1-3-5-10/h1-9,16H. The molecule has 19 heavy (non-hydrogen) atoms. The Morgan fingerprint density at radius 2 is 1.74 bits per heavy atom. The van der Waals surface area contributed by atoms with Crippen LogP contribution in [0.1, 0.15) is 11.1 Å². The summed E-state index contributed by atoms with van der Waals surface area (Å²) in [5.74, 6) is -0.459. The van der Waals surface area contributed by atoms with Crippen molar-refractivity contribution in [3.05, 3.63) is 65.5 Å². The van der Waals surface area contributed by atoms with Crippen LogP contribution < -0.4 is 4.72 Å². The Labute approximate surface area is 110 Å². The van der Waals surface area contributed by atoms with Crippen molar-refractivity contribution >= 4 is 21.8 Å².